The van der Waals surface area contributed by atoms with Gasteiger partial charge in [0.05, 0.1) is 16.7 Å². The Balaban J connectivity index is 2.24. The van der Waals surface area contributed by atoms with E-state index in [1.54, 1.807) is 6.07 Å². The van der Waals surface area contributed by atoms with Gasteiger partial charge in [-0.05, 0) is 31.0 Å². The molecule has 106 valence electrons. The molecule has 2 aromatic carbocycles. The van der Waals surface area contributed by atoms with Crippen molar-refractivity contribution >= 4 is 23.2 Å². The molecule has 0 fully saturated rings. The van der Waals surface area contributed by atoms with E-state index in [0.717, 1.165) is 16.9 Å². The molecule has 0 saturated carbocycles. The highest BCUT2D eigenvalue weighted by Gasteiger charge is 2.14. The number of benzene rings is 2. The van der Waals surface area contributed by atoms with Gasteiger partial charge in [-0.15, -0.1) is 0 Å². The molecule has 0 bridgehead atoms. The lowest BCUT2D eigenvalue weighted by Gasteiger charge is -2.17. The first-order valence-electron chi connectivity index (χ1n) is 6.53. The Kier molecular flexibility index (Phi) is 5.30. The van der Waals surface area contributed by atoms with Crippen molar-refractivity contribution in [2.45, 2.75) is 19.4 Å². The monoisotopic (exact) mass is 309 g/mol. The van der Waals surface area contributed by atoms with Gasteiger partial charge in [-0.1, -0.05) is 53.5 Å². The van der Waals surface area contributed by atoms with E-state index in [-0.39, 0.29) is 6.04 Å². The zero-order valence-corrected chi connectivity index (χ0v) is 12.8. The summed E-state index contributed by atoms with van der Waals surface area (Å²) in [5.74, 6) is 0.820. The van der Waals surface area contributed by atoms with Crippen molar-refractivity contribution in [3.05, 3.63) is 63.6 Å². The molecule has 0 spiro atoms. The Morgan fingerprint density at radius 2 is 1.85 bits per heavy atom. The van der Waals surface area contributed by atoms with E-state index in [0.29, 0.717) is 23.1 Å². The Bertz CT molecular complexity index is 586. The molecule has 0 aliphatic heterocycles. The lowest BCUT2D eigenvalue weighted by atomic mass is 9.99. The fraction of sp³-hybridized carbons (Fsp3) is 0.250. The maximum absolute atomic E-state index is 6.30. The Morgan fingerprint density at radius 3 is 2.60 bits per heavy atom. The molecule has 0 saturated heterocycles. The van der Waals surface area contributed by atoms with Gasteiger partial charge in [0, 0.05) is 11.6 Å². The largest absolute Gasteiger partial charge is 0.494 e. The van der Waals surface area contributed by atoms with Crippen LogP contribution in [0.3, 0.4) is 0 Å². The highest BCUT2D eigenvalue weighted by molar-refractivity contribution is 6.42. The summed E-state index contributed by atoms with van der Waals surface area (Å²) in [6.07, 6.45) is 0.615. The maximum Gasteiger partial charge on any atom is 0.124 e. The molecule has 4 heteroatoms. The van der Waals surface area contributed by atoms with Crippen LogP contribution in [0.15, 0.2) is 42.5 Å². The Morgan fingerprint density at radius 1 is 1.10 bits per heavy atom. The van der Waals surface area contributed by atoms with Crippen LogP contribution >= 0.6 is 23.2 Å². The van der Waals surface area contributed by atoms with Gasteiger partial charge in [0.15, 0.2) is 0 Å². The summed E-state index contributed by atoms with van der Waals surface area (Å²) in [6.45, 7) is 2.57. The van der Waals surface area contributed by atoms with Crippen molar-refractivity contribution in [3.63, 3.8) is 0 Å². The second kappa shape index (κ2) is 6.98. The molecule has 0 heterocycles. The van der Waals surface area contributed by atoms with E-state index >= 15 is 0 Å². The summed E-state index contributed by atoms with van der Waals surface area (Å²) in [7, 11) is 0. The number of halogens is 2. The minimum atomic E-state index is -0.186. The van der Waals surface area contributed by atoms with Crippen LogP contribution in [0.1, 0.15) is 24.1 Å². The van der Waals surface area contributed by atoms with Crippen LogP contribution in [0.5, 0.6) is 5.75 Å². The van der Waals surface area contributed by atoms with Crippen LogP contribution < -0.4 is 10.5 Å². The van der Waals surface area contributed by atoms with Gasteiger partial charge in [0.1, 0.15) is 5.75 Å². The Labute approximate surface area is 129 Å². The van der Waals surface area contributed by atoms with E-state index in [9.17, 15) is 0 Å². The molecule has 0 aliphatic carbocycles. The van der Waals surface area contributed by atoms with Crippen molar-refractivity contribution in [2.24, 2.45) is 5.73 Å². The zero-order chi connectivity index (χ0) is 14.5. The smallest absolute Gasteiger partial charge is 0.124 e. The first kappa shape index (κ1) is 15.2. The maximum atomic E-state index is 6.30. The van der Waals surface area contributed by atoms with Crippen molar-refractivity contribution in [3.8, 4) is 5.75 Å². The van der Waals surface area contributed by atoms with Crippen molar-refractivity contribution in [1.82, 2.24) is 0 Å². The number of hydrogen-bond donors (Lipinski definition) is 1. The summed E-state index contributed by atoms with van der Waals surface area (Å²) < 4.78 is 5.61. The molecular formula is C16H17Cl2NO. The number of hydrogen-bond acceptors (Lipinski definition) is 2. The fourth-order valence-corrected chi connectivity index (χ4v) is 2.52. The van der Waals surface area contributed by atoms with Gasteiger partial charge in [0.2, 0.25) is 0 Å². The van der Waals surface area contributed by atoms with Gasteiger partial charge in [-0.3, -0.25) is 0 Å². The molecule has 0 aromatic heterocycles. The highest BCUT2D eigenvalue weighted by atomic mass is 35.5. The number of para-hydroxylation sites is 1. The molecule has 20 heavy (non-hydrogen) atoms. The van der Waals surface area contributed by atoms with E-state index in [4.69, 9.17) is 33.7 Å². The third kappa shape index (κ3) is 3.45. The predicted molar refractivity (Wildman–Crippen MR) is 84.7 cm³/mol. The molecule has 1 atom stereocenters. The van der Waals surface area contributed by atoms with Crippen LogP contribution in [0.25, 0.3) is 0 Å². The van der Waals surface area contributed by atoms with E-state index in [2.05, 4.69) is 0 Å². The zero-order valence-electron chi connectivity index (χ0n) is 11.3. The lowest BCUT2D eigenvalue weighted by Crippen LogP contribution is -2.15. The Hall–Kier alpha value is -1.22. The lowest BCUT2D eigenvalue weighted by molar-refractivity contribution is 0.334. The van der Waals surface area contributed by atoms with E-state index < -0.39 is 0 Å². The molecule has 2 nitrogen and oxygen atoms in total. The van der Waals surface area contributed by atoms with E-state index in [1.165, 1.54) is 0 Å². The number of ether oxygens (including phenoxy) is 1. The third-order valence-electron chi connectivity index (χ3n) is 3.09. The van der Waals surface area contributed by atoms with E-state index in [1.807, 2.05) is 43.3 Å². The molecule has 0 aliphatic rings. The van der Waals surface area contributed by atoms with Crippen LogP contribution in [0.2, 0.25) is 10.0 Å². The van der Waals surface area contributed by atoms with Gasteiger partial charge in [-0.25, -0.2) is 0 Å². The fourth-order valence-electron chi connectivity index (χ4n) is 2.13. The van der Waals surface area contributed by atoms with Gasteiger partial charge < -0.3 is 10.5 Å². The summed E-state index contributed by atoms with van der Waals surface area (Å²) in [6, 6.07) is 13.2. The second-order valence-electron chi connectivity index (χ2n) is 4.49. The van der Waals surface area contributed by atoms with Crippen LogP contribution in [0, 0.1) is 0 Å². The van der Waals surface area contributed by atoms with Crippen molar-refractivity contribution in [1.29, 1.82) is 0 Å². The molecule has 0 amide bonds. The molecular weight excluding hydrogens is 293 g/mol. The van der Waals surface area contributed by atoms with Crippen molar-refractivity contribution in [2.75, 3.05) is 6.61 Å². The molecule has 2 N–H and O–H groups in total. The topological polar surface area (TPSA) is 35.2 Å². The molecule has 2 rings (SSSR count). The van der Waals surface area contributed by atoms with Gasteiger partial charge in [0.25, 0.3) is 0 Å². The average molecular weight is 310 g/mol. The number of rotatable bonds is 5. The quantitative estimate of drug-likeness (QED) is 0.873. The SMILES string of the molecule is CCOc1ccccc1C(N)Cc1cccc(Cl)c1Cl. The third-order valence-corrected chi connectivity index (χ3v) is 3.95. The first-order valence-corrected chi connectivity index (χ1v) is 7.29. The van der Waals surface area contributed by atoms with Crippen LogP contribution in [-0.2, 0) is 6.42 Å². The summed E-state index contributed by atoms with van der Waals surface area (Å²) in [4.78, 5) is 0. The average Bonchev–Trinajstić information content (AvgIpc) is 2.45. The molecule has 2 aromatic rings. The molecule has 1 unspecified atom stereocenters. The van der Waals surface area contributed by atoms with Crippen LogP contribution in [-0.4, -0.2) is 6.61 Å². The highest BCUT2D eigenvalue weighted by Crippen LogP contribution is 2.31. The van der Waals surface area contributed by atoms with Crippen molar-refractivity contribution < 1.29 is 4.74 Å². The standard InChI is InChI=1S/C16H17Cl2NO/c1-2-20-15-9-4-3-7-12(15)14(19)10-11-6-5-8-13(17)16(11)18/h3-9,14H,2,10,19H2,1H3. The number of nitrogens with two attached hydrogens (primary N) is 1. The first-order chi connectivity index (χ1) is 9.63. The molecule has 0 radical (unpaired) electrons. The minimum absolute atomic E-state index is 0.186. The van der Waals surface area contributed by atoms with Gasteiger partial charge in [-0.2, -0.15) is 0 Å². The summed E-state index contributed by atoms with van der Waals surface area (Å²) in [5, 5.41) is 1.12. The predicted octanol–water partition coefficient (Wildman–Crippen LogP) is 4.63. The normalized spacial score (nSPS) is 12.2. The summed E-state index contributed by atoms with van der Waals surface area (Å²) >= 11 is 12.2. The summed E-state index contributed by atoms with van der Waals surface area (Å²) in [5.41, 5.74) is 8.22. The second-order valence-corrected chi connectivity index (χ2v) is 5.28. The van der Waals surface area contributed by atoms with Gasteiger partial charge >= 0.3 is 0 Å². The van der Waals surface area contributed by atoms with Crippen LogP contribution in [0.4, 0.5) is 0 Å². The minimum Gasteiger partial charge on any atom is -0.494 e.